The van der Waals surface area contributed by atoms with Gasteiger partial charge >= 0.3 is 0 Å². The van der Waals surface area contributed by atoms with E-state index in [2.05, 4.69) is 0 Å². The highest BCUT2D eigenvalue weighted by Crippen LogP contribution is 2.55. The van der Waals surface area contributed by atoms with Gasteiger partial charge < -0.3 is 0 Å². The van der Waals surface area contributed by atoms with Crippen LogP contribution in [0.5, 0.6) is 0 Å². The van der Waals surface area contributed by atoms with Crippen molar-refractivity contribution in [2.24, 2.45) is 11.3 Å². The first-order chi connectivity index (χ1) is 4.64. The Morgan fingerprint density at radius 3 is 2.90 bits per heavy atom. The molecule has 0 aromatic rings. The van der Waals surface area contributed by atoms with E-state index in [1.807, 2.05) is 13.0 Å². The van der Waals surface area contributed by atoms with Crippen LogP contribution in [0.1, 0.15) is 13.3 Å². The molecule has 0 N–H and O–H groups in total. The molecule has 1 fully saturated rings. The van der Waals surface area contributed by atoms with E-state index in [0.717, 1.165) is 6.42 Å². The van der Waals surface area contributed by atoms with Crippen molar-refractivity contribution in [2.45, 2.75) is 13.3 Å². The van der Waals surface area contributed by atoms with E-state index >= 15 is 0 Å². The van der Waals surface area contributed by atoms with Gasteiger partial charge in [-0.25, -0.2) is 0 Å². The highest BCUT2D eigenvalue weighted by Gasteiger charge is 2.57. The van der Waals surface area contributed by atoms with Crippen LogP contribution in [0, 0.1) is 11.3 Å². The standard InChI is InChI=1S/C8H8O2/c1-8-4-5(8)2-3-6(9)7(8)10/h2-3,5H,4H2,1H3. The smallest absolute Gasteiger partial charge is 0.221 e. The summed E-state index contributed by atoms with van der Waals surface area (Å²) in [6.07, 6.45) is 4.12. The summed E-state index contributed by atoms with van der Waals surface area (Å²) in [4.78, 5) is 21.9. The molecule has 0 aliphatic heterocycles. The molecule has 0 aromatic heterocycles. The summed E-state index contributed by atoms with van der Waals surface area (Å²) in [5.41, 5.74) is -0.300. The minimum atomic E-state index is -0.323. The van der Waals surface area contributed by atoms with Gasteiger partial charge in [-0.05, 0) is 18.4 Å². The number of ketones is 2. The zero-order valence-electron chi connectivity index (χ0n) is 5.76. The van der Waals surface area contributed by atoms with Crippen molar-refractivity contribution in [1.82, 2.24) is 0 Å². The fourth-order valence-electron chi connectivity index (χ4n) is 1.50. The van der Waals surface area contributed by atoms with Gasteiger partial charge in [0.1, 0.15) is 0 Å². The normalized spacial score (nSPS) is 43.5. The lowest BCUT2D eigenvalue weighted by Crippen LogP contribution is -2.25. The molecule has 0 aromatic carbocycles. The van der Waals surface area contributed by atoms with E-state index < -0.39 is 0 Å². The summed E-state index contributed by atoms with van der Waals surface area (Å²) in [6.45, 7) is 1.86. The number of allylic oxidation sites excluding steroid dienone is 2. The minimum absolute atomic E-state index is 0.194. The zero-order valence-corrected chi connectivity index (χ0v) is 5.76. The predicted octanol–water partition coefficient (Wildman–Crippen LogP) is 0.721. The molecule has 2 nitrogen and oxygen atoms in total. The van der Waals surface area contributed by atoms with Gasteiger partial charge in [-0.15, -0.1) is 0 Å². The quantitative estimate of drug-likeness (QED) is 0.460. The van der Waals surface area contributed by atoms with Crippen LogP contribution in [-0.2, 0) is 9.59 Å². The molecular weight excluding hydrogens is 128 g/mol. The highest BCUT2D eigenvalue weighted by atomic mass is 16.2. The van der Waals surface area contributed by atoms with Gasteiger partial charge in [0.2, 0.25) is 11.6 Å². The van der Waals surface area contributed by atoms with Crippen LogP contribution in [0.3, 0.4) is 0 Å². The van der Waals surface area contributed by atoms with E-state index in [9.17, 15) is 9.59 Å². The molecule has 0 heterocycles. The van der Waals surface area contributed by atoms with E-state index in [-0.39, 0.29) is 17.0 Å². The van der Waals surface area contributed by atoms with E-state index in [1.165, 1.54) is 6.08 Å². The van der Waals surface area contributed by atoms with Crippen LogP contribution in [0.25, 0.3) is 0 Å². The summed E-state index contributed by atoms with van der Waals surface area (Å²) in [6, 6.07) is 0. The third kappa shape index (κ3) is 0.491. The molecule has 52 valence electrons. The van der Waals surface area contributed by atoms with Crippen LogP contribution in [0.2, 0.25) is 0 Å². The Morgan fingerprint density at radius 1 is 1.60 bits per heavy atom. The Labute approximate surface area is 58.9 Å². The highest BCUT2D eigenvalue weighted by molar-refractivity contribution is 6.44. The number of hydrogen-bond acceptors (Lipinski definition) is 2. The van der Waals surface area contributed by atoms with Crippen molar-refractivity contribution in [2.75, 3.05) is 0 Å². The lowest BCUT2D eigenvalue weighted by atomic mass is 9.93. The van der Waals surface area contributed by atoms with E-state index in [4.69, 9.17) is 0 Å². The second-order valence-corrected chi connectivity index (χ2v) is 3.28. The van der Waals surface area contributed by atoms with Crippen LogP contribution >= 0.6 is 0 Å². The Bertz CT molecular complexity index is 252. The number of Topliss-reactive ketones (excluding diaryl/α,β-unsaturated/α-hetero) is 1. The van der Waals surface area contributed by atoms with Gasteiger partial charge in [0, 0.05) is 5.41 Å². The molecule has 2 rings (SSSR count). The average Bonchev–Trinajstić information content (AvgIpc) is 2.55. The second-order valence-electron chi connectivity index (χ2n) is 3.28. The summed E-state index contributed by atoms with van der Waals surface area (Å²) >= 11 is 0. The molecule has 2 aliphatic rings. The first kappa shape index (κ1) is 5.83. The molecule has 10 heavy (non-hydrogen) atoms. The Hall–Kier alpha value is -0.920. The van der Waals surface area contributed by atoms with Gasteiger partial charge in [0.15, 0.2) is 0 Å². The van der Waals surface area contributed by atoms with Gasteiger partial charge in [-0.1, -0.05) is 13.0 Å². The summed E-state index contributed by atoms with van der Waals surface area (Å²) in [7, 11) is 0. The molecular formula is C8H8O2. The Kier molecular flexibility index (Phi) is 0.810. The molecule has 0 spiro atoms. The molecule has 1 saturated carbocycles. The first-order valence-corrected chi connectivity index (χ1v) is 3.41. The van der Waals surface area contributed by atoms with Crippen molar-refractivity contribution >= 4 is 11.6 Å². The Morgan fingerprint density at radius 2 is 2.30 bits per heavy atom. The molecule has 2 heteroatoms. The van der Waals surface area contributed by atoms with Crippen molar-refractivity contribution < 1.29 is 9.59 Å². The molecule has 0 radical (unpaired) electrons. The molecule has 2 aliphatic carbocycles. The zero-order chi connectivity index (χ0) is 7.35. The number of carbonyl (C=O) groups excluding carboxylic acids is 2. The maximum absolute atomic E-state index is 11.1. The van der Waals surface area contributed by atoms with Gasteiger partial charge in [-0.3, -0.25) is 9.59 Å². The lowest BCUT2D eigenvalue weighted by molar-refractivity contribution is -0.137. The van der Waals surface area contributed by atoms with Crippen molar-refractivity contribution in [1.29, 1.82) is 0 Å². The van der Waals surface area contributed by atoms with Gasteiger partial charge in [-0.2, -0.15) is 0 Å². The van der Waals surface area contributed by atoms with E-state index in [0.29, 0.717) is 5.92 Å². The van der Waals surface area contributed by atoms with E-state index in [1.54, 1.807) is 0 Å². The Balaban J connectivity index is 2.43. The molecule has 2 atom stereocenters. The van der Waals surface area contributed by atoms with Crippen molar-refractivity contribution in [3.05, 3.63) is 12.2 Å². The first-order valence-electron chi connectivity index (χ1n) is 3.41. The number of carbonyl (C=O) groups is 2. The predicted molar refractivity (Wildman–Crippen MR) is 35.4 cm³/mol. The largest absolute Gasteiger partial charge is 0.290 e. The average molecular weight is 136 g/mol. The third-order valence-corrected chi connectivity index (χ3v) is 2.52. The van der Waals surface area contributed by atoms with Crippen LogP contribution in [0.4, 0.5) is 0 Å². The third-order valence-electron chi connectivity index (χ3n) is 2.52. The fraction of sp³-hybridized carbons (Fsp3) is 0.500. The summed E-state index contributed by atoms with van der Waals surface area (Å²) < 4.78 is 0. The van der Waals surface area contributed by atoms with Crippen LogP contribution < -0.4 is 0 Å². The van der Waals surface area contributed by atoms with Crippen molar-refractivity contribution in [3.63, 3.8) is 0 Å². The minimum Gasteiger partial charge on any atom is -0.290 e. The molecule has 0 saturated heterocycles. The summed E-state index contributed by atoms with van der Waals surface area (Å²) in [5, 5.41) is 0. The number of rotatable bonds is 0. The molecule has 2 unspecified atom stereocenters. The fourth-order valence-corrected chi connectivity index (χ4v) is 1.50. The monoisotopic (exact) mass is 136 g/mol. The lowest BCUT2D eigenvalue weighted by Gasteiger charge is -2.08. The molecule has 0 amide bonds. The number of hydrogen-bond donors (Lipinski definition) is 0. The maximum Gasteiger partial charge on any atom is 0.221 e. The maximum atomic E-state index is 11.1. The number of fused-ring (bicyclic) bond motifs is 1. The topological polar surface area (TPSA) is 34.1 Å². The summed E-state index contributed by atoms with van der Waals surface area (Å²) in [5.74, 6) is -0.158. The van der Waals surface area contributed by atoms with Gasteiger partial charge in [0.25, 0.3) is 0 Å². The molecule has 0 bridgehead atoms. The van der Waals surface area contributed by atoms with Crippen LogP contribution in [0.15, 0.2) is 12.2 Å². The van der Waals surface area contributed by atoms with Crippen LogP contribution in [-0.4, -0.2) is 11.6 Å². The SMILES string of the molecule is CC12CC1C=CC(=O)C2=O. The second kappa shape index (κ2) is 1.39. The van der Waals surface area contributed by atoms with Crippen molar-refractivity contribution in [3.8, 4) is 0 Å². The van der Waals surface area contributed by atoms with Gasteiger partial charge in [0.05, 0.1) is 0 Å².